The van der Waals surface area contributed by atoms with E-state index < -0.39 is 0 Å². The van der Waals surface area contributed by atoms with Gasteiger partial charge in [0.2, 0.25) is 0 Å². The molecule has 2 heterocycles. The van der Waals surface area contributed by atoms with Crippen LogP contribution < -0.4 is 0 Å². The molecular formula is C15H19NOS. The first-order valence-corrected chi connectivity index (χ1v) is 7.75. The summed E-state index contributed by atoms with van der Waals surface area (Å²) in [5, 5.41) is 0. The first kappa shape index (κ1) is 12.2. The molecule has 18 heavy (non-hydrogen) atoms. The minimum atomic E-state index is 0.312. The van der Waals surface area contributed by atoms with Crippen LogP contribution in [0.2, 0.25) is 0 Å². The average Bonchev–Trinajstić information content (AvgIpc) is 2.83. The van der Waals surface area contributed by atoms with E-state index in [1.165, 1.54) is 16.2 Å². The summed E-state index contributed by atoms with van der Waals surface area (Å²) in [6.07, 6.45) is 3.23. The molecule has 96 valence electrons. The van der Waals surface area contributed by atoms with Gasteiger partial charge in [-0.2, -0.15) is 0 Å². The lowest BCUT2D eigenvalue weighted by Gasteiger charge is -2.31. The van der Waals surface area contributed by atoms with Crippen molar-refractivity contribution in [3.8, 4) is 0 Å². The number of thioether (sulfide) groups is 1. The molecule has 1 unspecified atom stereocenters. The highest BCUT2D eigenvalue weighted by atomic mass is 32.2. The molecule has 1 atom stereocenters. The van der Waals surface area contributed by atoms with Crippen LogP contribution in [0.25, 0.3) is 0 Å². The predicted octanol–water partition coefficient (Wildman–Crippen LogP) is 2.79. The van der Waals surface area contributed by atoms with Gasteiger partial charge in [-0.15, -0.1) is 11.8 Å². The van der Waals surface area contributed by atoms with Gasteiger partial charge >= 0.3 is 0 Å². The largest absolute Gasteiger partial charge is 0.303 e. The standard InChI is InChI=1S/C15H19NOS/c17-10-12-5-7-16(8-6-12)9-13-11-18-15-4-2-1-3-14(13)15/h1-4,10,12-13H,5-9,11H2. The monoisotopic (exact) mass is 261 g/mol. The smallest absolute Gasteiger partial charge is 0.123 e. The summed E-state index contributed by atoms with van der Waals surface area (Å²) >= 11 is 1.99. The Balaban J connectivity index is 1.60. The second kappa shape index (κ2) is 5.45. The summed E-state index contributed by atoms with van der Waals surface area (Å²) in [5.74, 6) is 2.21. The molecule has 2 aliphatic rings. The number of rotatable bonds is 3. The lowest BCUT2D eigenvalue weighted by atomic mass is 9.96. The molecule has 0 bridgehead atoms. The van der Waals surface area contributed by atoms with Crippen LogP contribution in [-0.4, -0.2) is 36.6 Å². The van der Waals surface area contributed by atoms with E-state index in [0.29, 0.717) is 11.8 Å². The van der Waals surface area contributed by atoms with E-state index in [2.05, 4.69) is 29.2 Å². The minimum absolute atomic E-state index is 0.312. The molecule has 1 saturated heterocycles. The van der Waals surface area contributed by atoms with Gasteiger partial charge in [0, 0.05) is 29.0 Å². The minimum Gasteiger partial charge on any atom is -0.303 e. The zero-order valence-electron chi connectivity index (χ0n) is 10.5. The summed E-state index contributed by atoms with van der Waals surface area (Å²) in [5.41, 5.74) is 1.53. The maximum absolute atomic E-state index is 10.8. The van der Waals surface area contributed by atoms with Crippen molar-refractivity contribution in [1.82, 2.24) is 4.90 Å². The molecule has 0 amide bonds. The normalized spacial score (nSPS) is 25.0. The highest BCUT2D eigenvalue weighted by molar-refractivity contribution is 7.99. The molecule has 3 heteroatoms. The SMILES string of the molecule is O=CC1CCN(CC2CSc3ccccc32)CC1. The van der Waals surface area contributed by atoms with Crippen molar-refractivity contribution in [1.29, 1.82) is 0 Å². The number of likely N-dealkylation sites (tertiary alicyclic amines) is 1. The molecule has 0 aromatic heterocycles. The number of fused-ring (bicyclic) bond motifs is 1. The van der Waals surface area contributed by atoms with Crippen LogP contribution in [0.3, 0.4) is 0 Å². The van der Waals surface area contributed by atoms with Crippen molar-refractivity contribution in [3.63, 3.8) is 0 Å². The molecule has 0 radical (unpaired) electrons. The zero-order chi connectivity index (χ0) is 12.4. The van der Waals surface area contributed by atoms with E-state index >= 15 is 0 Å². The van der Waals surface area contributed by atoms with Crippen LogP contribution in [0, 0.1) is 5.92 Å². The van der Waals surface area contributed by atoms with Gasteiger partial charge in [-0.1, -0.05) is 18.2 Å². The quantitative estimate of drug-likeness (QED) is 0.780. The Morgan fingerprint density at radius 3 is 2.83 bits per heavy atom. The van der Waals surface area contributed by atoms with Gasteiger partial charge < -0.3 is 9.69 Å². The number of nitrogens with zero attached hydrogens (tertiary/aromatic N) is 1. The van der Waals surface area contributed by atoms with Crippen LogP contribution >= 0.6 is 11.8 Å². The molecule has 0 N–H and O–H groups in total. The number of piperidine rings is 1. The summed E-state index contributed by atoms with van der Waals surface area (Å²) in [7, 11) is 0. The fourth-order valence-corrected chi connectivity index (χ4v) is 4.21. The fourth-order valence-electron chi connectivity index (χ4n) is 2.96. The van der Waals surface area contributed by atoms with Crippen molar-refractivity contribution in [3.05, 3.63) is 29.8 Å². The lowest BCUT2D eigenvalue weighted by Crippen LogP contribution is -2.37. The van der Waals surface area contributed by atoms with Gasteiger partial charge in [0.25, 0.3) is 0 Å². The maximum atomic E-state index is 10.8. The molecule has 1 aromatic rings. The molecule has 0 spiro atoms. The molecule has 1 fully saturated rings. The van der Waals surface area contributed by atoms with E-state index in [1.807, 2.05) is 11.8 Å². The number of hydrogen-bond acceptors (Lipinski definition) is 3. The summed E-state index contributed by atoms with van der Waals surface area (Å²) in [6, 6.07) is 8.79. The molecule has 0 saturated carbocycles. The van der Waals surface area contributed by atoms with Crippen molar-refractivity contribution >= 4 is 18.0 Å². The van der Waals surface area contributed by atoms with E-state index in [4.69, 9.17) is 0 Å². The second-order valence-electron chi connectivity index (χ2n) is 5.32. The fraction of sp³-hybridized carbons (Fsp3) is 0.533. The van der Waals surface area contributed by atoms with Crippen LogP contribution in [0.15, 0.2) is 29.2 Å². The predicted molar refractivity (Wildman–Crippen MR) is 75.1 cm³/mol. The Labute approximate surface area is 113 Å². The van der Waals surface area contributed by atoms with Crippen molar-refractivity contribution in [2.45, 2.75) is 23.7 Å². The lowest BCUT2D eigenvalue weighted by molar-refractivity contribution is -0.112. The van der Waals surface area contributed by atoms with E-state index in [0.717, 1.165) is 38.8 Å². The number of hydrogen-bond donors (Lipinski definition) is 0. The van der Waals surface area contributed by atoms with Gasteiger partial charge in [-0.05, 0) is 37.6 Å². The molecule has 3 rings (SSSR count). The van der Waals surface area contributed by atoms with E-state index in [1.54, 1.807) is 0 Å². The number of benzene rings is 1. The maximum Gasteiger partial charge on any atom is 0.123 e. The average molecular weight is 261 g/mol. The van der Waals surface area contributed by atoms with Crippen LogP contribution in [-0.2, 0) is 4.79 Å². The van der Waals surface area contributed by atoms with Crippen molar-refractivity contribution in [2.24, 2.45) is 5.92 Å². The topological polar surface area (TPSA) is 20.3 Å². The highest BCUT2D eigenvalue weighted by Gasteiger charge is 2.26. The third-order valence-electron chi connectivity index (χ3n) is 4.10. The van der Waals surface area contributed by atoms with Gasteiger partial charge in [-0.25, -0.2) is 0 Å². The Morgan fingerprint density at radius 2 is 2.06 bits per heavy atom. The molecular weight excluding hydrogens is 242 g/mol. The first-order valence-electron chi connectivity index (χ1n) is 6.76. The first-order chi connectivity index (χ1) is 8.86. The number of carbonyl (C=O) groups is 1. The Kier molecular flexibility index (Phi) is 3.71. The Hall–Kier alpha value is -0.800. The number of carbonyl (C=O) groups excluding carboxylic acids is 1. The summed E-state index contributed by atoms with van der Waals surface area (Å²) in [4.78, 5) is 14.8. The Bertz CT molecular complexity index is 426. The third-order valence-corrected chi connectivity index (χ3v) is 5.35. The van der Waals surface area contributed by atoms with Crippen molar-refractivity contribution < 1.29 is 4.79 Å². The highest BCUT2D eigenvalue weighted by Crippen LogP contribution is 2.39. The van der Waals surface area contributed by atoms with E-state index in [9.17, 15) is 4.79 Å². The second-order valence-corrected chi connectivity index (χ2v) is 6.38. The summed E-state index contributed by atoms with van der Waals surface area (Å²) in [6.45, 7) is 3.34. The third kappa shape index (κ3) is 2.47. The van der Waals surface area contributed by atoms with Gasteiger partial charge in [-0.3, -0.25) is 0 Å². The molecule has 0 aliphatic carbocycles. The van der Waals surface area contributed by atoms with Crippen LogP contribution in [0.4, 0.5) is 0 Å². The van der Waals surface area contributed by atoms with Crippen LogP contribution in [0.5, 0.6) is 0 Å². The zero-order valence-corrected chi connectivity index (χ0v) is 11.4. The molecule has 2 nitrogen and oxygen atoms in total. The van der Waals surface area contributed by atoms with Crippen LogP contribution in [0.1, 0.15) is 24.3 Å². The molecule has 1 aromatic carbocycles. The number of aldehydes is 1. The summed E-state index contributed by atoms with van der Waals surface area (Å²) < 4.78 is 0. The van der Waals surface area contributed by atoms with Gasteiger partial charge in [0.1, 0.15) is 6.29 Å². The van der Waals surface area contributed by atoms with Gasteiger partial charge in [0.15, 0.2) is 0 Å². The van der Waals surface area contributed by atoms with E-state index in [-0.39, 0.29) is 0 Å². The van der Waals surface area contributed by atoms with Gasteiger partial charge in [0.05, 0.1) is 0 Å². The van der Waals surface area contributed by atoms with Crippen molar-refractivity contribution in [2.75, 3.05) is 25.4 Å². The Morgan fingerprint density at radius 1 is 1.28 bits per heavy atom. The molecule has 2 aliphatic heterocycles.